The van der Waals surface area contributed by atoms with Crippen molar-refractivity contribution >= 4 is 17.7 Å². The zero-order chi connectivity index (χ0) is 17.0. The van der Waals surface area contributed by atoms with Crippen molar-refractivity contribution in [1.29, 1.82) is 0 Å². The number of aryl methyl sites for hydroxylation is 1. The molecular formula is C15H26N6O. The number of rotatable bonds is 5. The topological polar surface area (TPSA) is 118 Å². The molecule has 0 unspecified atom stereocenters. The first-order chi connectivity index (χ1) is 10.5. The zero-order valence-electron chi connectivity index (χ0n) is 13.7. The fraction of sp³-hybridized carbons (Fsp3) is 0.400. The number of nitrogens with two attached hydrogens (primary N) is 2. The van der Waals surface area contributed by atoms with Crippen molar-refractivity contribution in [2.75, 3.05) is 13.6 Å². The monoisotopic (exact) mass is 306 g/mol. The summed E-state index contributed by atoms with van der Waals surface area (Å²) in [7, 11) is 1.54. The molecule has 1 rings (SSSR count). The van der Waals surface area contributed by atoms with Crippen molar-refractivity contribution in [2.24, 2.45) is 21.7 Å². The molecule has 0 aliphatic carbocycles. The number of nitrogens with one attached hydrogen (secondary N) is 2. The van der Waals surface area contributed by atoms with Crippen molar-refractivity contribution in [2.45, 2.75) is 27.2 Å². The Morgan fingerprint density at radius 2 is 1.73 bits per heavy atom. The Kier molecular flexibility index (Phi) is 9.83. The largest absolute Gasteiger partial charge is 0.386 e. The number of urea groups is 1. The number of carbonyl (C=O) groups excluding carboxylic acids is 1. The summed E-state index contributed by atoms with van der Waals surface area (Å²) < 4.78 is 0. The van der Waals surface area contributed by atoms with Gasteiger partial charge in [0, 0.05) is 25.6 Å². The number of nitrogens with zero attached hydrogens (tertiary/aromatic N) is 2. The van der Waals surface area contributed by atoms with E-state index in [0.717, 1.165) is 11.1 Å². The summed E-state index contributed by atoms with van der Waals surface area (Å²) in [5.74, 6) is 0.601. The zero-order valence-corrected chi connectivity index (χ0v) is 13.7. The Bertz CT molecular complexity index is 507. The lowest BCUT2D eigenvalue weighted by molar-refractivity contribution is 0.243. The molecule has 1 aromatic rings. The van der Waals surface area contributed by atoms with Crippen molar-refractivity contribution < 1.29 is 4.79 Å². The van der Waals surface area contributed by atoms with Crippen LogP contribution in [0.3, 0.4) is 0 Å². The lowest BCUT2D eigenvalue weighted by Crippen LogP contribution is -2.34. The predicted molar refractivity (Wildman–Crippen MR) is 91.9 cm³/mol. The number of amides is 2. The second kappa shape index (κ2) is 11.1. The number of amidine groups is 2. The molecule has 0 fully saturated rings. The van der Waals surface area contributed by atoms with Crippen molar-refractivity contribution in [1.82, 2.24) is 10.6 Å². The van der Waals surface area contributed by atoms with Gasteiger partial charge in [0.1, 0.15) is 5.84 Å². The second-order valence-corrected chi connectivity index (χ2v) is 4.20. The van der Waals surface area contributed by atoms with Crippen LogP contribution in [0.2, 0.25) is 0 Å². The maximum absolute atomic E-state index is 10.9. The molecule has 122 valence electrons. The number of benzene rings is 1. The van der Waals surface area contributed by atoms with Crippen molar-refractivity contribution in [3.8, 4) is 0 Å². The highest BCUT2D eigenvalue weighted by Crippen LogP contribution is 2.02. The molecule has 0 aromatic heterocycles. The van der Waals surface area contributed by atoms with E-state index in [4.69, 9.17) is 11.5 Å². The maximum atomic E-state index is 10.9. The Hall–Kier alpha value is -2.57. The van der Waals surface area contributed by atoms with E-state index >= 15 is 0 Å². The van der Waals surface area contributed by atoms with Crippen molar-refractivity contribution in [3.63, 3.8) is 0 Å². The minimum Gasteiger partial charge on any atom is -0.386 e. The van der Waals surface area contributed by atoms with Gasteiger partial charge in [0.25, 0.3) is 0 Å². The van der Waals surface area contributed by atoms with Gasteiger partial charge in [-0.1, -0.05) is 43.7 Å². The Labute approximate surface area is 131 Å². The minimum absolute atomic E-state index is 0.263. The average molecular weight is 306 g/mol. The molecule has 0 heterocycles. The summed E-state index contributed by atoms with van der Waals surface area (Å²) in [5, 5.41) is 12.7. The molecule has 0 atom stereocenters. The van der Waals surface area contributed by atoms with Crippen LogP contribution in [0.15, 0.2) is 34.5 Å². The summed E-state index contributed by atoms with van der Waals surface area (Å²) in [5.41, 5.74) is 13.4. The van der Waals surface area contributed by atoms with Crippen LogP contribution in [-0.2, 0) is 0 Å². The first-order valence-corrected chi connectivity index (χ1v) is 7.21. The van der Waals surface area contributed by atoms with Crippen LogP contribution in [0.4, 0.5) is 4.79 Å². The molecule has 0 bridgehead atoms. The molecule has 7 nitrogen and oxygen atoms in total. The average Bonchev–Trinajstić information content (AvgIpc) is 2.55. The van der Waals surface area contributed by atoms with E-state index in [1.165, 1.54) is 0 Å². The van der Waals surface area contributed by atoms with Gasteiger partial charge >= 0.3 is 6.03 Å². The van der Waals surface area contributed by atoms with Crippen LogP contribution in [0, 0.1) is 6.92 Å². The van der Waals surface area contributed by atoms with Crippen LogP contribution in [0.25, 0.3) is 0 Å². The highest BCUT2D eigenvalue weighted by atomic mass is 16.2. The molecule has 0 aliphatic rings. The lowest BCUT2D eigenvalue weighted by atomic mass is 10.1. The van der Waals surface area contributed by atoms with Crippen LogP contribution in [0.1, 0.15) is 31.4 Å². The number of carbonyl (C=O) groups is 1. The van der Waals surface area contributed by atoms with Crippen molar-refractivity contribution in [3.05, 3.63) is 35.4 Å². The van der Waals surface area contributed by atoms with Gasteiger partial charge in [0.05, 0.1) is 0 Å². The van der Waals surface area contributed by atoms with Gasteiger partial charge in [-0.2, -0.15) is 0 Å². The smallest absolute Gasteiger partial charge is 0.314 e. The third kappa shape index (κ3) is 7.88. The normalized spacial score (nSPS) is 11.3. The fourth-order valence-corrected chi connectivity index (χ4v) is 1.34. The molecule has 2 amide bonds. The molecule has 6 N–H and O–H groups in total. The predicted octanol–water partition coefficient (Wildman–Crippen LogP) is 1.32. The minimum atomic E-state index is -0.263. The summed E-state index contributed by atoms with van der Waals surface area (Å²) in [4.78, 5) is 10.9. The van der Waals surface area contributed by atoms with Crippen LogP contribution in [0.5, 0.6) is 0 Å². The van der Waals surface area contributed by atoms with E-state index < -0.39 is 0 Å². The SMILES string of the molecule is CC.CNC(=O)NCC/C(N)=N/N=C(\N)c1ccc(C)cc1. The summed E-state index contributed by atoms with van der Waals surface area (Å²) in [6.45, 7) is 6.38. The second-order valence-electron chi connectivity index (χ2n) is 4.20. The maximum Gasteiger partial charge on any atom is 0.314 e. The van der Waals surface area contributed by atoms with E-state index in [9.17, 15) is 4.79 Å². The molecule has 0 spiro atoms. The highest BCUT2D eigenvalue weighted by molar-refractivity contribution is 5.97. The third-order valence-corrected chi connectivity index (χ3v) is 2.53. The fourth-order valence-electron chi connectivity index (χ4n) is 1.34. The summed E-state index contributed by atoms with van der Waals surface area (Å²) in [6.07, 6.45) is 0.401. The van der Waals surface area contributed by atoms with Gasteiger partial charge in [-0.3, -0.25) is 0 Å². The van der Waals surface area contributed by atoms with E-state index in [0.29, 0.717) is 24.6 Å². The van der Waals surface area contributed by atoms with Gasteiger partial charge in [-0.15, -0.1) is 10.2 Å². The molecule has 0 aliphatic heterocycles. The standard InChI is InChI=1S/C13H20N6O.C2H6/c1-9-3-5-10(6-4-9)12(15)19-18-11(14)7-8-17-13(20)16-2;1-2/h3-6H,7-8H2,1-2H3,(H2,14,18)(H2,15,19)(H2,16,17,20);1-2H3. The van der Waals surface area contributed by atoms with E-state index in [1.807, 2.05) is 45.0 Å². The number of hydrogen-bond acceptors (Lipinski definition) is 3. The first kappa shape index (κ1) is 19.4. The highest BCUT2D eigenvalue weighted by Gasteiger charge is 1.99. The summed E-state index contributed by atoms with van der Waals surface area (Å²) in [6, 6.07) is 7.36. The summed E-state index contributed by atoms with van der Waals surface area (Å²) >= 11 is 0. The molecular weight excluding hydrogens is 280 g/mol. The lowest BCUT2D eigenvalue weighted by Gasteiger charge is -2.03. The van der Waals surface area contributed by atoms with E-state index in [1.54, 1.807) is 7.05 Å². The van der Waals surface area contributed by atoms with E-state index in [2.05, 4.69) is 20.8 Å². The molecule has 0 radical (unpaired) electrons. The molecule has 0 saturated carbocycles. The molecule has 22 heavy (non-hydrogen) atoms. The van der Waals surface area contributed by atoms with Crippen LogP contribution in [-0.4, -0.2) is 31.3 Å². The molecule has 7 heteroatoms. The Morgan fingerprint density at radius 3 is 2.27 bits per heavy atom. The van der Waals surface area contributed by atoms with Crippen LogP contribution < -0.4 is 22.1 Å². The van der Waals surface area contributed by atoms with Gasteiger partial charge in [-0.25, -0.2) is 4.79 Å². The quantitative estimate of drug-likeness (QED) is 0.373. The molecule has 1 aromatic carbocycles. The van der Waals surface area contributed by atoms with Gasteiger partial charge < -0.3 is 22.1 Å². The molecule has 0 saturated heterocycles. The van der Waals surface area contributed by atoms with Gasteiger partial charge in [0.2, 0.25) is 0 Å². The van der Waals surface area contributed by atoms with Gasteiger partial charge in [-0.05, 0) is 6.92 Å². The first-order valence-electron chi connectivity index (χ1n) is 7.21. The third-order valence-electron chi connectivity index (χ3n) is 2.53. The van der Waals surface area contributed by atoms with Gasteiger partial charge in [0.15, 0.2) is 5.84 Å². The van der Waals surface area contributed by atoms with Crippen LogP contribution >= 0.6 is 0 Å². The van der Waals surface area contributed by atoms with E-state index in [-0.39, 0.29) is 6.03 Å². The number of hydrogen-bond donors (Lipinski definition) is 4. The Balaban J connectivity index is 0.00000211. The Morgan fingerprint density at radius 1 is 1.14 bits per heavy atom.